The molecule has 0 aliphatic carbocycles. The fourth-order valence-electron chi connectivity index (χ4n) is 1.82. The highest BCUT2D eigenvalue weighted by molar-refractivity contribution is 5.32. The van der Waals surface area contributed by atoms with E-state index in [9.17, 15) is 0 Å². The Hall–Kier alpha value is -2.03. The van der Waals surface area contributed by atoms with E-state index in [4.69, 9.17) is 9.47 Å². The van der Waals surface area contributed by atoms with Gasteiger partial charge in [0, 0.05) is 24.9 Å². The number of unbranched alkanes of at least 4 members (excludes halogenated alkanes) is 1. The van der Waals surface area contributed by atoms with Crippen molar-refractivity contribution in [3.8, 4) is 11.5 Å². The molecule has 20 heavy (non-hydrogen) atoms. The molecule has 106 valence electrons. The van der Waals surface area contributed by atoms with Gasteiger partial charge in [0.25, 0.3) is 0 Å². The third kappa shape index (κ3) is 4.92. The fraction of sp³-hybridized carbons (Fsp3) is 0.353. The Labute approximate surface area is 120 Å². The average molecular weight is 271 g/mol. The molecule has 0 aliphatic rings. The van der Waals surface area contributed by atoms with Crippen LogP contribution < -0.4 is 9.47 Å². The molecule has 1 aromatic carbocycles. The standard InChI is InChI=1S/C17H21NO2/c1-2-3-11-19-16-7-4-8-17(13-16)20-12-9-15-6-5-10-18-14-15/h4-8,10,13-14H,2-3,9,11-12H2,1H3. The smallest absolute Gasteiger partial charge is 0.122 e. The molecule has 0 spiro atoms. The maximum absolute atomic E-state index is 5.75. The van der Waals surface area contributed by atoms with Crippen LogP contribution in [-0.2, 0) is 6.42 Å². The molecular weight excluding hydrogens is 250 g/mol. The normalized spacial score (nSPS) is 10.2. The Morgan fingerprint density at radius 2 is 1.80 bits per heavy atom. The Morgan fingerprint density at radius 1 is 1.00 bits per heavy atom. The van der Waals surface area contributed by atoms with Crippen molar-refractivity contribution in [1.82, 2.24) is 4.98 Å². The Bertz CT molecular complexity index is 499. The number of ether oxygens (including phenoxy) is 2. The molecule has 0 saturated heterocycles. The van der Waals surface area contributed by atoms with Gasteiger partial charge < -0.3 is 9.47 Å². The minimum Gasteiger partial charge on any atom is -0.493 e. The summed E-state index contributed by atoms with van der Waals surface area (Å²) in [5.41, 5.74) is 1.18. The van der Waals surface area contributed by atoms with Crippen LogP contribution in [-0.4, -0.2) is 18.2 Å². The number of hydrogen-bond donors (Lipinski definition) is 0. The van der Waals surface area contributed by atoms with E-state index in [1.54, 1.807) is 6.20 Å². The molecule has 3 nitrogen and oxygen atoms in total. The summed E-state index contributed by atoms with van der Waals surface area (Å²) >= 11 is 0. The zero-order chi connectivity index (χ0) is 14.0. The van der Waals surface area contributed by atoms with E-state index in [0.29, 0.717) is 6.61 Å². The van der Waals surface area contributed by atoms with Gasteiger partial charge in [-0.05, 0) is 30.2 Å². The molecule has 0 radical (unpaired) electrons. The monoisotopic (exact) mass is 271 g/mol. The quantitative estimate of drug-likeness (QED) is 0.683. The first-order valence-corrected chi connectivity index (χ1v) is 7.13. The van der Waals surface area contributed by atoms with Crippen LogP contribution in [0, 0.1) is 0 Å². The van der Waals surface area contributed by atoms with Gasteiger partial charge in [-0.1, -0.05) is 25.5 Å². The molecule has 0 amide bonds. The maximum atomic E-state index is 5.75. The summed E-state index contributed by atoms with van der Waals surface area (Å²) < 4.78 is 11.4. The molecule has 0 aliphatic heterocycles. The molecule has 0 saturated carbocycles. The molecular formula is C17H21NO2. The SMILES string of the molecule is CCCCOc1cccc(OCCc2cccnc2)c1. The molecule has 0 bridgehead atoms. The number of nitrogens with zero attached hydrogens (tertiary/aromatic N) is 1. The second-order valence-corrected chi connectivity index (χ2v) is 4.64. The van der Waals surface area contributed by atoms with Crippen molar-refractivity contribution in [3.05, 3.63) is 54.4 Å². The first-order valence-electron chi connectivity index (χ1n) is 7.13. The van der Waals surface area contributed by atoms with Crippen LogP contribution in [0.25, 0.3) is 0 Å². The van der Waals surface area contributed by atoms with Crippen molar-refractivity contribution in [1.29, 1.82) is 0 Å². The Balaban J connectivity index is 1.79. The molecule has 2 aromatic rings. The van der Waals surface area contributed by atoms with E-state index in [2.05, 4.69) is 18.0 Å². The molecule has 1 aromatic heterocycles. The molecule has 3 heteroatoms. The van der Waals surface area contributed by atoms with E-state index < -0.39 is 0 Å². The fourth-order valence-corrected chi connectivity index (χ4v) is 1.82. The highest BCUT2D eigenvalue weighted by Gasteiger charge is 1.99. The summed E-state index contributed by atoms with van der Waals surface area (Å²) in [6.45, 7) is 3.56. The van der Waals surface area contributed by atoms with Gasteiger partial charge >= 0.3 is 0 Å². The van der Waals surface area contributed by atoms with E-state index in [1.807, 2.05) is 36.5 Å². The lowest BCUT2D eigenvalue weighted by atomic mass is 10.2. The van der Waals surface area contributed by atoms with Crippen LogP contribution in [0.15, 0.2) is 48.8 Å². The van der Waals surface area contributed by atoms with Gasteiger partial charge in [-0.15, -0.1) is 0 Å². The lowest BCUT2D eigenvalue weighted by Crippen LogP contribution is -2.02. The second-order valence-electron chi connectivity index (χ2n) is 4.64. The molecule has 0 fully saturated rings. The highest BCUT2D eigenvalue weighted by Crippen LogP contribution is 2.19. The maximum Gasteiger partial charge on any atom is 0.122 e. The van der Waals surface area contributed by atoms with Gasteiger partial charge in [0.1, 0.15) is 11.5 Å². The van der Waals surface area contributed by atoms with Gasteiger partial charge in [0.15, 0.2) is 0 Å². The summed E-state index contributed by atoms with van der Waals surface area (Å²) in [7, 11) is 0. The third-order valence-electron chi connectivity index (χ3n) is 2.95. The predicted octanol–water partition coefficient (Wildman–Crippen LogP) is 3.88. The zero-order valence-corrected chi connectivity index (χ0v) is 11.9. The van der Waals surface area contributed by atoms with Crippen LogP contribution in [0.5, 0.6) is 11.5 Å². The van der Waals surface area contributed by atoms with Gasteiger partial charge in [-0.3, -0.25) is 4.98 Å². The first-order chi connectivity index (χ1) is 9.88. The van der Waals surface area contributed by atoms with Crippen LogP contribution in [0.3, 0.4) is 0 Å². The van der Waals surface area contributed by atoms with Gasteiger partial charge in [-0.25, -0.2) is 0 Å². The van der Waals surface area contributed by atoms with Crippen molar-refractivity contribution >= 4 is 0 Å². The minimum absolute atomic E-state index is 0.643. The summed E-state index contributed by atoms with van der Waals surface area (Å²) in [5.74, 6) is 1.72. The van der Waals surface area contributed by atoms with E-state index >= 15 is 0 Å². The third-order valence-corrected chi connectivity index (χ3v) is 2.95. The predicted molar refractivity (Wildman–Crippen MR) is 80.3 cm³/mol. The van der Waals surface area contributed by atoms with Gasteiger partial charge in [0.2, 0.25) is 0 Å². The summed E-state index contributed by atoms with van der Waals surface area (Å²) in [4.78, 5) is 4.09. The number of pyridine rings is 1. The van der Waals surface area contributed by atoms with Crippen LogP contribution >= 0.6 is 0 Å². The lowest BCUT2D eigenvalue weighted by molar-refractivity contribution is 0.299. The summed E-state index contributed by atoms with van der Waals surface area (Å²) in [5, 5.41) is 0. The molecule has 2 rings (SSSR count). The van der Waals surface area contributed by atoms with Crippen LogP contribution in [0.4, 0.5) is 0 Å². The number of aromatic nitrogens is 1. The number of benzene rings is 1. The van der Waals surface area contributed by atoms with Crippen molar-refractivity contribution in [2.75, 3.05) is 13.2 Å². The molecule has 0 N–H and O–H groups in total. The summed E-state index contributed by atoms with van der Waals surface area (Å²) in [6, 6.07) is 11.8. The largest absolute Gasteiger partial charge is 0.493 e. The summed E-state index contributed by atoms with van der Waals surface area (Å²) in [6.07, 6.45) is 6.72. The topological polar surface area (TPSA) is 31.4 Å². The van der Waals surface area contributed by atoms with E-state index in [-0.39, 0.29) is 0 Å². The van der Waals surface area contributed by atoms with Crippen molar-refractivity contribution in [3.63, 3.8) is 0 Å². The average Bonchev–Trinajstić information content (AvgIpc) is 2.49. The minimum atomic E-state index is 0.643. The van der Waals surface area contributed by atoms with Gasteiger partial charge in [0.05, 0.1) is 13.2 Å². The van der Waals surface area contributed by atoms with E-state index in [0.717, 1.165) is 37.4 Å². The number of rotatable bonds is 8. The Morgan fingerprint density at radius 3 is 2.50 bits per heavy atom. The lowest BCUT2D eigenvalue weighted by Gasteiger charge is -2.09. The number of hydrogen-bond acceptors (Lipinski definition) is 3. The highest BCUT2D eigenvalue weighted by atomic mass is 16.5. The first kappa shape index (κ1) is 14.4. The van der Waals surface area contributed by atoms with Crippen molar-refractivity contribution < 1.29 is 9.47 Å². The zero-order valence-electron chi connectivity index (χ0n) is 11.9. The molecule has 0 unspecified atom stereocenters. The van der Waals surface area contributed by atoms with E-state index in [1.165, 1.54) is 5.56 Å². The van der Waals surface area contributed by atoms with Crippen molar-refractivity contribution in [2.45, 2.75) is 26.2 Å². The van der Waals surface area contributed by atoms with Crippen LogP contribution in [0.1, 0.15) is 25.3 Å². The Kier molecular flexibility index (Phi) is 5.90. The van der Waals surface area contributed by atoms with Crippen molar-refractivity contribution in [2.24, 2.45) is 0 Å². The van der Waals surface area contributed by atoms with Crippen LogP contribution in [0.2, 0.25) is 0 Å². The second kappa shape index (κ2) is 8.20. The molecule has 0 atom stereocenters. The van der Waals surface area contributed by atoms with Gasteiger partial charge in [-0.2, -0.15) is 0 Å². The molecule has 1 heterocycles.